The van der Waals surface area contributed by atoms with Crippen LogP contribution >= 0.6 is 0 Å². The first-order chi connectivity index (χ1) is 6.79. The largest absolute Gasteiger partial charge is 0.384 e. The third-order valence-electron chi connectivity index (χ3n) is 2.73. The summed E-state index contributed by atoms with van der Waals surface area (Å²) in [7, 11) is 1.83. The molecule has 1 saturated heterocycles. The monoisotopic (exact) mass is 196 g/mol. The molecule has 0 radical (unpaired) electrons. The summed E-state index contributed by atoms with van der Waals surface area (Å²) in [5.74, 6) is 0. The van der Waals surface area contributed by atoms with Crippen LogP contribution in [-0.4, -0.2) is 27.6 Å². The first-order valence-corrected chi connectivity index (χ1v) is 5.06. The van der Waals surface area contributed by atoms with Crippen molar-refractivity contribution in [2.75, 3.05) is 6.61 Å². The third-order valence-corrected chi connectivity index (χ3v) is 2.73. The minimum Gasteiger partial charge on any atom is -0.384 e. The smallest absolute Gasteiger partial charge is 0.122 e. The highest BCUT2D eigenvalue weighted by atomic mass is 16.5. The van der Waals surface area contributed by atoms with Crippen molar-refractivity contribution in [2.24, 2.45) is 7.05 Å². The van der Waals surface area contributed by atoms with Crippen LogP contribution in [0.2, 0.25) is 0 Å². The lowest BCUT2D eigenvalue weighted by atomic mass is 10.0. The molecule has 14 heavy (non-hydrogen) atoms. The predicted octanol–water partition coefficient (Wildman–Crippen LogP) is 1.02. The molecule has 4 nitrogen and oxygen atoms in total. The molecule has 78 valence electrons. The molecule has 0 amide bonds. The van der Waals surface area contributed by atoms with Gasteiger partial charge in [-0.2, -0.15) is 5.10 Å². The highest BCUT2D eigenvalue weighted by Crippen LogP contribution is 2.25. The summed E-state index contributed by atoms with van der Waals surface area (Å²) in [6.07, 6.45) is 4.28. The molecule has 2 unspecified atom stereocenters. The number of nitrogens with zero attached hydrogens (tertiary/aromatic N) is 2. The summed E-state index contributed by atoms with van der Waals surface area (Å²) >= 11 is 0. The van der Waals surface area contributed by atoms with Gasteiger partial charge in [0, 0.05) is 19.9 Å². The van der Waals surface area contributed by atoms with E-state index >= 15 is 0 Å². The van der Waals surface area contributed by atoms with Crippen LogP contribution < -0.4 is 0 Å². The molecule has 2 atom stereocenters. The van der Waals surface area contributed by atoms with Crippen LogP contribution in [0.3, 0.4) is 0 Å². The van der Waals surface area contributed by atoms with Gasteiger partial charge in [0.25, 0.3) is 0 Å². The number of ether oxygens (including phenoxy) is 1. The van der Waals surface area contributed by atoms with Crippen molar-refractivity contribution in [1.82, 2.24) is 9.78 Å². The minimum absolute atomic E-state index is 0.0563. The van der Waals surface area contributed by atoms with Crippen molar-refractivity contribution in [2.45, 2.75) is 31.5 Å². The van der Waals surface area contributed by atoms with Gasteiger partial charge in [-0.1, -0.05) is 0 Å². The molecule has 1 aliphatic heterocycles. The molecule has 2 rings (SSSR count). The van der Waals surface area contributed by atoms with E-state index in [2.05, 4.69) is 5.10 Å². The molecule has 0 aromatic carbocycles. The van der Waals surface area contributed by atoms with Gasteiger partial charge in [-0.3, -0.25) is 4.68 Å². The zero-order valence-electron chi connectivity index (χ0n) is 8.39. The molecular formula is C10H16N2O2. The average molecular weight is 196 g/mol. The van der Waals surface area contributed by atoms with Crippen LogP contribution in [0.15, 0.2) is 12.3 Å². The maximum atomic E-state index is 10.0. The summed E-state index contributed by atoms with van der Waals surface area (Å²) in [5.41, 5.74) is 0.830. The van der Waals surface area contributed by atoms with Gasteiger partial charge in [0.1, 0.15) is 6.10 Å². The topological polar surface area (TPSA) is 47.3 Å². The van der Waals surface area contributed by atoms with E-state index in [1.165, 1.54) is 0 Å². The zero-order chi connectivity index (χ0) is 9.97. The van der Waals surface area contributed by atoms with Crippen molar-refractivity contribution in [3.8, 4) is 0 Å². The highest BCUT2D eigenvalue weighted by Gasteiger charge is 2.25. The van der Waals surface area contributed by atoms with Gasteiger partial charge >= 0.3 is 0 Å². The Labute approximate surface area is 83.5 Å². The summed E-state index contributed by atoms with van der Waals surface area (Å²) in [5, 5.41) is 14.1. The van der Waals surface area contributed by atoms with Crippen molar-refractivity contribution in [3.05, 3.63) is 18.0 Å². The van der Waals surface area contributed by atoms with E-state index in [0.29, 0.717) is 0 Å². The molecule has 0 saturated carbocycles. The van der Waals surface area contributed by atoms with Gasteiger partial charge in [0.2, 0.25) is 0 Å². The van der Waals surface area contributed by atoms with Crippen LogP contribution in [0.1, 0.15) is 31.1 Å². The second-order valence-electron chi connectivity index (χ2n) is 3.73. The molecule has 1 fully saturated rings. The van der Waals surface area contributed by atoms with Gasteiger partial charge in [-0.05, 0) is 25.3 Å². The van der Waals surface area contributed by atoms with Gasteiger partial charge < -0.3 is 9.84 Å². The van der Waals surface area contributed by atoms with Crippen molar-refractivity contribution in [3.63, 3.8) is 0 Å². The first-order valence-electron chi connectivity index (χ1n) is 5.06. The number of hydrogen-bond acceptors (Lipinski definition) is 3. The average Bonchev–Trinajstić information content (AvgIpc) is 2.65. The Morgan fingerprint density at radius 2 is 2.50 bits per heavy atom. The molecule has 1 aromatic heterocycles. The fourth-order valence-corrected chi connectivity index (χ4v) is 1.88. The number of rotatable bonds is 2. The maximum Gasteiger partial charge on any atom is 0.122 e. The molecule has 1 aromatic rings. The molecule has 2 heterocycles. The Balaban J connectivity index is 2.07. The van der Waals surface area contributed by atoms with Gasteiger partial charge in [0.05, 0.1) is 11.8 Å². The van der Waals surface area contributed by atoms with Gasteiger partial charge in [-0.25, -0.2) is 0 Å². The van der Waals surface area contributed by atoms with Crippen LogP contribution in [0.5, 0.6) is 0 Å². The molecule has 0 aliphatic carbocycles. The molecular weight excluding hydrogens is 180 g/mol. The highest BCUT2D eigenvalue weighted by molar-refractivity contribution is 5.06. The minimum atomic E-state index is -0.539. The lowest BCUT2D eigenvalue weighted by Crippen LogP contribution is -2.27. The number of hydrogen-bond donors (Lipinski definition) is 1. The quantitative estimate of drug-likeness (QED) is 0.768. The summed E-state index contributed by atoms with van der Waals surface area (Å²) in [4.78, 5) is 0. The second kappa shape index (κ2) is 4.11. The number of aryl methyl sites for hydroxylation is 1. The Hall–Kier alpha value is -0.870. The van der Waals surface area contributed by atoms with Crippen molar-refractivity contribution < 1.29 is 9.84 Å². The Morgan fingerprint density at radius 3 is 3.07 bits per heavy atom. The summed E-state index contributed by atoms with van der Waals surface area (Å²) in [6.45, 7) is 0.763. The Morgan fingerprint density at radius 1 is 1.64 bits per heavy atom. The van der Waals surface area contributed by atoms with Crippen molar-refractivity contribution in [1.29, 1.82) is 0 Å². The summed E-state index contributed by atoms with van der Waals surface area (Å²) < 4.78 is 7.22. The van der Waals surface area contributed by atoms with Gasteiger partial charge in [0.15, 0.2) is 0 Å². The fourth-order valence-electron chi connectivity index (χ4n) is 1.88. The number of aromatic nitrogens is 2. The number of aliphatic hydroxyl groups is 1. The van der Waals surface area contributed by atoms with Gasteiger partial charge in [-0.15, -0.1) is 0 Å². The first kappa shape index (κ1) is 9.68. The summed E-state index contributed by atoms with van der Waals surface area (Å²) in [6, 6.07) is 1.84. The van der Waals surface area contributed by atoms with E-state index in [9.17, 15) is 5.11 Å². The molecule has 1 N–H and O–H groups in total. The molecule has 1 aliphatic rings. The standard InChI is InChI=1S/C10H16N2O2/c1-12-8(5-6-11-12)10(13)9-4-2-3-7-14-9/h5-6,9-10,13H,2-4,7H2,1H3. The SMILES string of the molecule is Cn1nccc1C(O)C1CCCCO1. The van der Waals surface area contributed by atoms with E-state index in [1.54, 1.807) is 10.9 Å². The Bertz CT molecular complexity index is 292. The zero-order valence-corrected chi connectivity index (χ0v) is 8.39. The van der Waals surface area contributed by atoms with Crippen LogP contribution in [0, 0.1) is 0 Å². The molecule has 0 bridgehead atoms. The normalized spacial score (nSPS) is 24.9. The van der Waals surface area contributed by atoms with E-state index in [0.717, 1.165) is 31.6 Å². The lowest BCUT2D eigenvalue weighted by molar-refractivity contribution is -0.0660. The lowest BCUT2D eigenvalue weighted by Gasteiger charge is -2.26. The predicted molar refractivity (Wildman–Crippen MR) is 51.8 cm³/mol. The second-order valence-corrected chi connectivity index (χ2v) is 3.73. The van der Waals surface area contributed by atoms with Crippen molar-refractivity contribution >= 4 is 0 Å². The van der Waals surface area contributed by atoms with E-state index in [1.807, 2.05) is 13.1 Å². The van der Waals surface area contributed by atoms with Crippen LogP contribution in [-0.2, 0) is 11.8 Å². The molecule has 4 heteroatoms. The van der Waals surface area contributed by atoms with E-state index in [4.69, 9.17) is 4.74 Å². The number of aliphatic hydroxyl groups excluding tert-OH is 1. The van der Waals surface area contributed by atoms with Crippen LogP contribution in [0.25, 0.3) is 0 Å². The maximum absolute atomic E-state index is 10.0. The van der Waals surface area contributed by atoms with E-state index < -0.39 is 6.10 Å². The van der Waals surface area contributed by atoms with E-state index in [-0.39, 0.29) is 6.10 Å². The molecule has 0 spiro atoms. The van der Waals surface area contributed by atoms with Crippen LogP contribution in [0.4, 0.5) is 0 Å². The third kappa shape index (κ3) is 1.81. The Kier molecular flexibility index (Phi) is 2.84. The fraction of sp³-hybridized carbons (Fsp3) is 0.700.